The number of benzene rings is 11. The molecule has 0 saturated carbocycles. The molecule has 0 amide bonds. The molecule has 11 aromatic carbocycles. The Morgan fingerprint density at radius 3 is 1.10 bits per heavy atom. The summed E-state index contributed by atoms with van der Waals surface area (Å²) in [7, 11) is -9.94. The van der Waals surface area contributed by atoms with Gasteiger partial charge in [-0.25, -0.2) is 25.3 Å². The second-order valence-electron chi connectivity index (χ2n) is 21.9. The largest absolute Gasteiger partial charge is 0.497 e. The Kier molecular flexibility index (Phi) is 18.3. The number of methoxy groups -OCH3 is 1. The molecular weight excluding hydrogens is 1220 g/mol. The van der Waals surface area contributed by atoms with Crippen LogP contribution in [0.2, 0.25) is 0 Å². The fourth-order valence-electron chi connectivity index (χ4n) is 10.2. The standard InChI is InChI=1S/C76H63NO12S3/c1-6-9-54-49-56(17-47-74(54)88-65-31-43-72(44-32-65)90(78,79)68-35-23-59(84-5)24-36-68)76(3,4)57-18-48-75(55(50-57)10-7-2)89-66-33-45-73(46-34-66)92(82,83)70-39-27-63(28-40-70)86-61-21-15-53(16-22-61)52-13-19-60(20-14-52)85-62-25-37-69(38-26-62)91(80,81)71-41-29-64(30-42-71)87-67-12-8-11-58(77)51-67/h6-9,11-51H,2,10,77H2,1,3-5H3/b9-6+. The molecule has 2 N–H and O–H groups in total. The number of hydrogen-bond donors (Lipinski definition) is 1. The molecule has 0 aliphatic carbocycles. The lowest BCUT2D eigenvalue weighted by atomic mass is 9.77. The Bertz CT molecular complexity index is 4830. The highest BCUT2D eigenvalue weighted by Crippen LogP contribution is 2.40. The lowest BCUT2D eigenvalue weighted by Gasteiger charge is -2.28. The zero-order valence-corrected chi connectivity index (χ0v) is 53.0. The molecule has 0 saturated heterocycles. The van der Waals surface area contributed by atoms with Crippen molar-refractivity contribution < 1.29 is 53.7 Å². The van der Waals surface area contributed by atoms with Gasteiger partial charge >= 0.3 is 0 Å². The van der Waals surface area contributed by atoms with E-state index in [-0.39, 0.29) is 29.4 Å². The van der Waals surface area contributed by atoms with Gasteiger partial charge in [0, 0.05) is 22.7 Å². The van der Waals surface area contributed by atoms with E-state index >= 15 is 0 Å². The summed E-state index contributed by atoms with van der Waals surface area (Å²) in [5.74, 6) is 5.78. The predicted octanol–water partition coefficient (Wildman–Crippen LogP) is 18.5. The third kappa shape index (κ3) is 14.2. The third-order valence-corrected chi connectivity index (χ3v) is 20.7. The first-order valence-electron chi connectivity index (χ1n) is 29.2. The number of rotatable bonds is 23. The van der Waals surface area contributed by atoms with E-state index in [1.54, 1.807) is 97.1 Å². The Morgan fingerprint density at radius 2 is 0.728 bits per heavy atom. The van der Waals surface area contributed by atoms with E-state index in [1.807, 2.05) is 97.9 Å². The minimum atomic E-state index is -3.91. The van der Waals surface area contributed by atoms with Gasteiger partial charge in [-0.15, -0.1) is 6.58 Å². The van der Waals surface area contributed by atoms with Crippen LogP contribution in [0, 0.1) is 0 Å². The van der Waals surface area contributed by atoms with E-state index in [9.17, 15) is 25.3 Å². The summed E-state index contributed by atoms with van der Waals surface area (Å²) in [6.45, 7) is 10.2. The van der Waals surface area contributed by atoms with Crippen LogP contribution in [0.5, 0.6) is 63.2 Å². The SMILES string of the molecule is C=CCc1cc(C(C)(C)c2ccc(Oc3ccc(S(=O)(=O)c4ccc(OC)cc4)cc3)c(/C=C/C)c2)ccc1Oc1ccc(S(=O)(=O)c2ccc(Oc3ccc(-c4ccc(Oc5ccc(S(=O)(=O)c6ccc(Oc7cccc(N)c7)cc6)cc5)cc4)cc3)cc2)cc1. The van der Waals surface area contributed by atoms with Crippen LogP contribution in [0.4, 0.5) is 5.69 Å². The van der Waals surface area contributed by atoms with Crippen molar-refractivity contribution in [2.45, 2.75) is 62.0 Å². The van der Waals surface area contributed by atoms with E-state index in [4.69, 9.17) is 34.2 Å². The van der Waals surface area contributed by atoms with Crippen LogP contribution < -0.4 is 34.2 Å². The van der Waals surface area contributed by atoms with Crippen molar-refractivity contribution in [3.05, 3.63) is 296 Å². The van der Waals surface area contributed by atoms with Crippen LogP contribution in [0.25, 0.3) is 17.2 Å². The molecule has 16 heteroatoms. The molecular formula is C76H63NO12S3. The van der Waals surface area contributed by atoms with Crippen molar-refractivity contribution in [2.24, 2.45) is 0 Å². The van der Waals surface area contributed by atoms with Gasteiger partial charge in [-0.2, -0.15) is 0 Å². The van der Waals surface area contributed by atoms with Crippen molar-refractivity contribution in [1.82, 2.24) is 0 Å². The van der Waals surface area contributed by atoms with Crippen molar-refractivity contribution in [3.63, 3.8) is 0 Å². The summed E-state index contributed by atoms with van der Waals surface area (Å²) in [6.07, 6.45) is 6.23. The fourth-order valence-corrected chi connectivity index (χ4v) is 13.9. The van der Waals surface area contributed by atoms with Gasteiger partial charge in [-0.05, 0) is 241 Å². The summed E-state index contributed by atoms with van der Waals surface area (Å²) in [5, 5.41) is 0. The molecule has 11 rings (SSSR count). The molecule has 0 aromatic heterocycles. The average molecular weight is 1280 g/mol. The maximum absolute atomic E-state index is 13.9. The third-order valence-electron chi connectivity index (χ3n) is 15.3. The highest BCUT2D eigenvalue weighted by Gasteiger charge is 2.27. The zero-order valence-electron chi connectivity index (χ0n) is 50.6. The molecule has 0 spiro atoms. The number of hydrogen-bond acceptors (Lipinski definition) is 13. The topological polar surface area (TPSA) is 184 Å². The second kappa shape index (κ2) is 26.8. The first kappa shape index (κ1) is 62.9. The minimum Gasteiger partial charge on any atom is -0.497 e. The Balaban J connectivity index is 0.679. The molecule has 0 bridgehead atoms. The van der Waals surface area contributed by atoms with Crippen molar-refractivity contribution in [1.29, 1.82) is 0 Å². The van der Waals surface area contributed by atoms with Crippen LogP contribution in [-0.2, 0) is 41.3 Å². The number of anilines is 1. The number of nitrogen functional groups attached to an aromatic ring is 1. The molecule has 0 aliphatic rings. The highest BCUT2D eigenvalue weighted by atomic mass is 32.2. The highest BCUT2D eigenvalue weighted by molar-refractivity contribution is 7.92. The van der Waals surface area contributed by atoms with Gasteiger partial charge in [0.15, 0.2) is 0 Å². The van der Waals surface area contributed by atoms with E-state index in [0.717, 1.165) is 33.4 Å². The first-order chi connectivity index (χ1) is 44.3. The van der Waals surface area contributed by atoms with Crippen LogP contribution in [-0.4, -0.2) is 32.4 Å². The molecule has 0 fully saturated rings. The van der Waals surface area contributed by atoms with Gasteiger partial charge in [-0.3, -0.25) is 0 Å². The van der Waals surface area contributed by atoms with Crippen molar-refractivity contribution in [3.8, 4) is 74.4 Å². The lowest BCUT2D eigenvalue weighted by molar-refractivity contribution is 0.414. The number of nitrogens with two attached hydrogens (primary N) is 1. The predicted molar refractivity (Wildman–Crippen MR) is 358 cm³/mol. The summed E-state index contributed by atoms with van der Waals surface area (Å²) in [6, 6.07) is 71.7. The molecule has 0 aliphatic heterocycles. The van der Waals surface area contributed by atoms with Crippen molar-refractivity contribution >= 4 is 41.3 Å². The first-order valence-corrected chi connectivity index (χ1v) is 33.6. The molecule has 13 nitrogen and oxygen atoms in total. The molecule has 11 aromatic rings. The summed E-state index contributed by atoms with van der Waals surface area (Å²) in [5.41, 5.74) is 11.6. The normalized spacial score (nSPS) is 11.8. The van der Waals surface area contributed by atoms with Crippen LogP contribution >= 0.6 is 0 Å². The quantitative estimate of drug-likeness (QED) is 0.0472. The summed E-state index contributed by atoms with van der Waals surface area (Å²) in [4.78, 5) is 0.755. The van der Waals surface area contributed by atoms with Gasteiger partial charge in [0.1, 0.15) is 63.2 Å². The van der Waals surface area contributed by atoms with Gasteiger partial charge in [0.2, 0.25) is 29.5 Å². The molecule has 0 radical (unpaired) electrons. The molecule has 0 unspecified atom stereocenters. The number of ether oxygens (including phenoxy) is 6. The van der Waals surface area contributed by atoms with E-state index < -0.39 is 34.9 Å². The van der Waals surface area contributed by atoms with Gasteiger partial charge in [-0.1, -0.05) is 80.6 Å². The van der Waals surface area contributed by atoms with Crippen LogP contribution in [0.3, 0.4) is 0 Å². The second-order valence-corrected chi connectivity index (χ2v) is 27.7. The Labute approximate surface area is 536 Å². The maximum atomic E-state index is 13.9. The van der Waals surface area contributed by atoms with Gasteiger partial charge < -0.3 is 34.2 Å². The zero-order chi connectivity index (χ0) is 64.6. The van der Waals surface area contributed by atoms with E-state index in [2.05, 4.69) is 32.6 Å². The minimum absolute atomic E-state index is 0.101. The number of allylic oxidation sites excluding steroid dienone is 2. The molecule has 0 heterocycles. The van der Waals surface area contributed by atoms with Crippen LogP contribution in [0.1, 0.15) is 43.0 Å². The van der Waals surface area contributed by atoms with Crippen molar-refractivity contribution in [2.75, 3.05) is 12.8 Å². The Morgan fingerprint density at radius 1 is 0.391 bits per heavy atom. The lowest BCUT2D eigenvalue weighted by Crippen LogP contribution is -2.19. The summed E-state index contributed by atoms with van der Waals surface area (Å²) >= 11 is 0. The average Bonchev–Trinajstić information content (AvgIpc) is 0.836. The summed E-state index contributed by atoms with van der Waals surface area (Å²) < 4.78 is 117. The fraction of sp³-hybridized carbons (Fsp3) is 0.0789. The molecule has 0 atom stereocenters. The van der Waals surface area contributed by atoms with E-state index in [1.165, 1.54) is 79.9 Å². The molecule has 92 heavy (non-hydrogen) atoms. The van der Waals surface area contributed by atoms with E-state index in [0.29, 0.717) is 75.4 Å². The number of sulfone groups is 3. The monoisotopic (exact) mass is 1280 g/mol. The van der Waals surface area contributed by atoms with Crippen LogP contribution in [0.15, 0.2) is 303 Å². The maximum Gasteiger partial charge on any atom is 0.206 e. The van der Waals surface area contributed by atoms with Gasteiger partial charge in [0.25, 0.3) is 0 Å². The Hall–Kier alpha value is -10.7. The smallest absolute Gasteiger partial charge is 0.206 e. The van der Waals surface area contributed by atoms with Gasteiger partial charge in [0.05, 0.1) is 36.5 Å². The molecule has 462 valence electrons.